The van der Waals surface area contributed by atoms with Crippen LogP contribution in [0, 0.1) is 0 Å². The fourth-order valence-corrected chi connectivity index (χ4v) is 2.86. The Hall–Kier alpha value is -2.10. The van der Waals surface area contributed by atoms with Crippen molar-refractivity contribution in [1.29, 1.82) is 0 Å². The lowest BCUT2D eigenvalue weighted by atomic mass is 9.98. The second kappa shape index (κ2) is 4.23. The molecule has 3 nitrogen and oxygen atoms in total. The molecule has 0 saturated heterocycles. The second-order valence-electron chi connectivity index (χ2n) is 4.89. The second-order valence-corrected chi connectivity index (χ2v) is 4.89. The molecule has 1 amide bonds. The lowest BCUT2D eigenvalue weighted by molar-refractivity contribution is -0.131. The molecule has 1 unspecified atom stereocenters. The largest absolute Gasteiger partial charge is 0.356 e. The number of amides is 1. The average molecular weight is 258 g/mol. The smallest absolute Gasteiger partial charge is 0.282 e. The highest BCUT2D eigenvalue weighted by atomic mass is 19.1. The molecule has 0 saturated carbocycles. The van der Waals surface area contributed by atoms with Crippen molar-refractivity contribution in [2.24, 2.45) is 0 Å². The monoisotopic (exact) mass is 258 g/mol. The van der Waals surface area contributed by atoms with E-state index < -0.39 is 11.7 Å². The molecule has 0 bridgehead atoms. The number of fused-ring (bicyclic) bond motifs is 3. The Morgan fingerprint density at radius 1 is 1.47 bits per heavy atom. The van der Waals surface area contributed by atoms with Crippen LogP contribution < -0.4 is 0 Å². The van der Waals surface area contributed by atoms with Gasteiger partial charge >= 0.3 is 0 Å². The summed E-state index contributed by atoms with van der Waals surface area (Å²) in [6, 6.07) is 7.91. The molecule has 98 valence electrons. The van der Waals surface area contributed by atoms with Crippen LogP contribution in [0.2, 0.25) is 0 Å². The zero-order valence-corrected chi connectivity index (χ0v) is 10.7. The van der Waals surface area contributed by atoms with Crippen LogP contribution in [0.15, 0.2) is 36.7 Å². The minimum Gasteiger partial charge on any atom is -0.356 e. The Morgan fingerprint density at radius 2 is 2.21 bits per heavy atom. The molecule has 1 aromatic heterocycles. The van der Waals surface area contributed by atoms with Gasteiger partial charge in [0.05, 0.1) is 6.04 Å². The Kier molecular flexibility index (Phi) is 2.66. The fraction of sp³-hybridized carbons (Fsp3) is 0.267. The number of aromatic amines is 1. The molecule has 1 atom stereocenters. The van der Waals surface area contributed by atoms with Gasteiger partial charge in [0.2, 0.25) is 0 Å². The highest BCUT2D eigenvalue weighted by molar-refractivity contribution is 5.92. The molecule has 0 fully saturated rings. The van der Waals surface area contributed by atoms with E-state index in [1.54, 1.807) is 0 Å². The molecule has 4 heteroatoms. The van der Waals surface area contributed by atoms with E-state index in [0.29, 0.717) is 6.54 Å². The van der Waals surface area contributed by atoms with E-state index in [9.17, 15) is 9.18 Å². The maximum atomic E-state index is 13.0. The number of rotatable bonds is 1. The Bertz CT molecular complexity index is 674. The highest BCUT2D eigenvalue weighted by Gasteiger charge is 2.31. The van der Waals surface area contributed by atoms with Gasteiger partial charge in [0.1, 0.15) is 0 Å². The summed E-state index contributed by atoms with van der Waals surface area (Å²) in [6.07, 6.45) is 0.739. The normalized spacial score (nSPS) is 18.4. The van der Waals surface area contributed by atoms with Crippen molar-refractivity contribution in [3.8, 4) is 0 Å². The molecule has 0 spiro atoms. The van der Waals surface area contributed by atoms with Gasteiger partial charge in [-0.3, -0.25) is 4.79 Å². The van der Waals surface area contributed by atoms with Crippen LogP contribution in [-0.2, 0) is 11.2 Å². The molecule has 1 aromatic carbocycles. The van der Waals surface area contributed by atoms with Gasteiger partial charge in [-0.25, -0.2) is 4.39 Å². The van der Waals surface area contributed by atoms with Crippen LogP contribution in [0.5, 0.6) is 0 Å². The molecule has 0 aliphatic carbocycles. The van der Waals surface area contributed by atoms with Gasteiger partial charge in [-0.15, -0.1) is 0 Å². The number of nitrogens with one attached hydrogen (secondary N) is 1. The first-order valence-corrected chi connectivity index (χ1v) is 6.34. The van der Waals surface area contributed by atoms with Crippen molar-refractivity contribution in [2.75, 3.05) is 6.54 Å². The van der Waals surface area contributed by atoms with Crippen LogP contribution in [0.3, 0.4) is 0 Å². The molecule has 1 aliphatic rings. The number of hydrogen-bond acceptors (Lipinski definition) is 1. The van der Waals surface area contributed by atoms with E-state index in [0.717, 1.165) is 17.6 Å². The molecule has 3 rings (SSSR count). The van der Waals surface area contributed by atoms with Gasteiger partial charge in [-0.05, 0) is 25.0 Å². The van der Waals surface area contributed by atoms with Crippen LogP contribution in [-0.4, -0.2) is 22.3 Å². The topological polar surface area (TPSA) is 36.1 Å². The highest BCUT2D eigenvalue weighted by Crippen LogP contribution is 2.34. The molecule has 0 radical (unpaired) electrons. The number of aromatic nitrogens is 1. The van der Waals surface area contributed by atoms with Crippen molar-refractivity contribution < 1.29 is 9.18 Å². The van der Waals surface area contributed by atoms with Crippen LogP contribution in [0.25, 0.3) is 10.9 Å². The first kappa shape index (κ1) is 12.0. The van der Waals surface area contributed by atoms with E-state index in [2.05, 4.69) is 17.6 Å². The summed E-state index contributed by atoms with van der Waals surface area (Å²) in [7, 11) is 0. The lowest BCUT2D eigenvalue weighted by Gasteiger charge is -2.33. The minimum absolute atomic E-state index is 0.156. The zero-order chi connectivity index (χ0) is 13.6. The maximum Gasteiger partial charge on any atom is 0.282 e. The summed E-state index contributed by atoms with van der Waals surface area (Å²) >= 11 is 0. The van der Waals surface area contributed by atoms with E-state index in [4.69, 9.17) is 0 Å². The summed E-state index contributed by atoms with van der Waals surface area (Å²) in [6.45, 7) is 5.53. The van der Waals surface area contributed by atoms with Gasteiger partial charge in [-0.2, -0.15) is 0 Å². The number of H-pyrrole nitrogens is 1. The quantitative estimate of drug-likeness (QED) is 0.784. The van der Waals surface area contributed by atoms with Crippen molar-refractivity contribution in [1.82, 2.24) is 9.88 Å². The molecule has 19 heavy (non-hydrogen) atoms. The number of hydrogen-bond donors (Lipinski definition) is 1. The lowest BCUT2D eigenvalue weighted by Crippen LogP contribution is -2.38. The standard InChI is InChI=1S/C15H15FN2O/c1-9(16)15(19)18-8-7-12-11-5-3-4-6-13(11)17-14(12)10(18)2/h3-6,10,17H,1,7-8H2,2H3. The summed E-state index contributed by atoms with van der Waals surface area (Å²) in [4.78, 5) is 16.6. The predicted molar refractivity (Wildman–Crippen MR) is 72.4 cm³/mol. The van der Waals surface area contributed by atoms with E-state index in [-0.39, 0.29) is 6.04 Å². The number of para-hydroxylation sites is 1. The average Bonchev–Trinajstić information content (AvgIpc) is 2.78. The molecule has 2 aromatic rings. The minimum atomic E-state index is -0.897. The Labute approximate surface area is 110 Å². The van der Waals surface area contributed by atoms with E-state index in [1.807, 2.05) is 25.1 Å². The van der Waals surface area contributed by atoms with Gasteiger partial charge < -0.3 is 9.88 Å². The van der Waals surface area contributed by atoms with Gasteiger partial charge in [-0.1, -0.05) is 24.8 Å². The molecular formula is C15H15FN2O. The van der Waals surface area contributed by atoms with Gasteiger partial charge in [0.15, 0.2) is 5.83 Å². The number of nitrogens with zero attached hydrogens (tertiary/aromatic N) is 1. The van der Waals surface area contributed by atoms with Crippen molar-refractivity contribution in [3.05, 3.63) is 47.9 Å². The third kappa shape index (κ3) is 1.75. The molecule has 1 aliphatic heterocycles. The Balaban J connectivity index is 2.06. The number of halogens is 1. The van der Waals surface area contributed by atoms with Gasteiger partial charge in [0, 0.05) is 23.1 Å². The van der Waals surface area contributed by atoms with E-state index in [1.165, 1.54) is 15.8 Å². The van der Waals surface area contributed by atoms with Crippen molar-refractivity contribution >= 4 is 16.8 Å². The van der Waals surface area contributed by atoms with E-state index >= 15 is 0 Å². The van der Waals surface area contributed by atoms with Crippen molar-refractivity contribution in [3.63, 3.8) is 0 Å². The van der Waals surface area contributed by atoms with Crippen LogP contribution >= 0.6 is 0 Å². The van der Waals surface area contributed by atoms with Crippen LogP contribution in [0.4, 0.5) is 4.39 Å². The zero-order valence-electron chi connectivity index (χ0n) is 10.7. The first-order valence-electron chi connectivity index (χ1n) is 6.34. The maximum absolute atomic E-state index is 13.0. The predicted octanol–water partition coefficient (Wildman–Crippen LogP) is 3.10. The number of benzene rings is 1. The summed E-state index contributed by atoms with van der Waals surface area (Å²) in [5.74, 6) is -1.51. The fourth-order valence-electron chi connectivity index (χ4n) is 2.86. The summed E-state index contributed by atoms with van der Waals surface area (Å²) in [5.41, 5.74) is 3.30. The third-order valence-corrected chi connectivity index (χ3v) is 3.83. The van der Waals surface area contributed by atoms with Crippen molar-refractivity contribution in [2.45, 2.75) is 19.4 Å². The summed E-state index contributed by atoms with van der Waals surface area (Å²) in [5, 5.41) is 1.19. The summed E-state index contributed by atoms with van der Waals surface area (Å²) < 4.78 is 13.0. The number of carbonyl (C=O) groups is 1. The van der Waals surface area contributed by atoms with Crippen LogP contribution in [0.1, 0.15) is 24.2 Å². The molecular weight excluding hydrogens is 243 g/mol. The Morgan fingerprint density at radius 3 is 2.95 bits per heavy atom. The van der Waals surface area contributed by atoms with Gasteiger partial charge in [0.25, 0.3) is 5.91 Å². The third-order valence-electron chi connectivity index (χ3n) is 3.83. The SMILES string of the molecule is C=C(F)C(=O)N1CCc2c([nH]c3ccccc23)C1C. The first-order chi connectivity index (χ1) is 9.09. The number of carbonyl (C=O) groups excluding carboxylic acids is 1. The molecule has 1 N–H and O–H groups in total. The molecule has 2 heterocycles.